The molecule has 0 radical (unpaired) electrons. The van der Waals surface area contributed by atoms with Crippen molar-refractivity contribution < 1.29 is 33.5 Å². The Labute approximate surface area is 669 Å². The highest BCUT2D eigenvalue weighted by atomic mass is 16.5. The number of ether oxygens (including phenoxy) is 6. The van der Waals surface area contributed by atoms with Gasteiger partial charge in [-0.3, -0.25) is 0 Å². The van der Waals surface area contributed by atoms with Gasteiger partial charge in [0, 0.05) is 136 Å². The number of nitrogen functional groups attached to an aromatic ring is 6. The quantitative estimate of drug-likeness (QED) is 0.0278. The third kappa shape index (κ3) is 26.3. The van der Waals surface area contributed by atoms with E-state index in [0.717, 1.165) is 237 Å². The third-order valence-electron chi connectivity index (χ3n) is 22.9. The van der Waals surface area contributed by atoms with Gasteiger partial charge in [-0.15, -0.1) is 0 Å². The summed E-state index contributed by atoms with van der Waals surface area (Å²) in [7, 11) is 4.18. The van der Waals surface area contributed by atoms with Crippen LogP contribution in [0.25, 0.3) is 0 Å². The van der Waals surface area contributed by atoms with Crippen LogP contribution in [-0.2, 0) is 0 Å². The number of likely N-dealkylation sites (tertiary alicyclic amines) is 4. The molecule has 4 saturated heterocycles. The van der Waals surface area contributed by atoms with E-state index in [2.05, 4.69) is 103 Å². The Morgan fingerprint density at radius 3 is 0.804 bits per heavy atom. The van der Waals surface area contributed by atoms with Crippen LogP contribution in [0.1, 0.15) is 90.4 Å². The second-order valence-corrected chi connectivity index (χ2v) is 31.3. The van der Waals surface area contributed by atoms with Gasteiger partial charge in [0.15, 0.2) is 0 Å². The molecule has 4 fully saturated rings. The van der Waals surface area contributed by atoms with Crippen LogP contribution < -0.4 is 92.2 Å². The van der Waals surface area contributed by atoms with Gasteiger partial charge in [-0.05, 0) is 236 Å². The van der Waals surface area contributed by atoms with Crippen LogP contribution in [0.3, 0.4) is 0 Å². The molecule has 10 aliphatic heterocycles. The molecule has 0 bridgehead atoms. The maximum Gasteiger partial charge on any atom is 0.144 e. The van der Waals surface area contributed by atoms with Crippen molar-refractivity contribution >= 4 is 68.2 Å². The Morgan fingerprint density at radius 1 is 0.277 bits per heavy atom. The van der Waals surface area contributed by atoms with Crippen molar-refractivity contribution in [2.75, 3.05) is 307 Å². The molecule has 0 aromatic heterocycles. The lowest BCUT2D eigenvalue weighted by atomic mass is 10.1. The van der Waals surface area contributed by atoms with Gasteiger partial charge in [-0.1, -0.05) is 19.8 Å². The molecule has 0 amide bonds. The molecule has 0 atom stereocenters. The molecule has 6 aromatic carbocycles. The lowest BCUT2D eigenvalue weighted by molar-refractivity contribution is 0.220. The molecule has 16 rings (SSSR count). The average Bonchev–Trinajstić information content (AvgIpc) is 1.36. The highest BCUT2D eigenvalue weighted by Crippen LogP contribution is 2.39. The van der Waals surface area contributed by atoms with Crippen molar-refractivity contribution in [3.8, 4) is 34.5 Å². The van der Waals surface area contributed by atoms with Gasteiger partial charge >= 0.3 is 0 Å². The number of benzene rings is 6. The lowest BCUT2D eigenvalue weighted by Crippen LogP contribution is -2.41. The van der Waals surface area contributed by atoms with Crippen LogP contribution in [0.15, 0.2) is 109 Å². The molecule has 112 heavy (non-hydrogen) atoms. The standard InChI is InChI=1S/C16H25N3O.2C15H23N3O.C14H23N3O2.C14H21N3O.C13H21N3O/c17-14-5-6-15-16(13-14)20-12-11-19(15)10-4-9-18-7-2-1-3-8-18;16-13-4-5-14-15(12-13)19-11-10-18(14)9-3-8-17-6-1-2-7-17;16-13-4-5-14-15(12-13)19-11-10-18(14)9-8-17-6-2-1-3-7-17;1-16(7-9-18)5-2-6-17-8-10-19-14-11-12(15)3-4-13(14)17;15-12-3-4-13-14(11-12)18-10-9-17(13)8-7-16-5-1-2-6-16;1-3-15(2)6-7-16-8-9-17-13-10-11(14)4-5-12(13)16/h5-6,13H,1-4,7-12,17H2;2*4-5,12H,1-3,6-11,16H2;3-4,11,18H,2,5-10,15H2,1H3;3-4,11H,1-2,5-10,15H2;4-5,10H,3,6-9,14H2,1-2H3. The Hall–Kier alpha value is -8.56. The van der Waals surface area contributed by atoms with Gasteiger partial charge in [-0.2, -0.15) is 0 Å². The molecule has 25 heteroatoms. The molecule has 0 unspecified atom stereocenters. The molecule has 0 spiro atoms. The maximum atomic E-state index is 8.86. The van der Waals surface area contributed by atoms with Crippen LogP contribution in [0, 0.1) is 0 Å². The van der Waals surface area contributed by atoms with Gasteiger partial charge in [-0.25, -0.2) is 0 Å². The number of rotatable bonds is 24. The average molecular weight is 1550 g/mol. The van der Waals surface area contributed by atoms with E-state index in [-0.39, 0.29) is 6.61 Å². The Bertz CT molecular complexity index is 3740. The molecule has 0 aliphatic carbocycles. The van der Waals surface area contributed by atoms with E-state index in [1.54, 1.807) is 0 Å². The fourth-order valence-corrected chi connectivity index (χ4v) is 16.3. The van der Waals surface area contributed by atoms with Crippen LogP contribution in [0.2, 0.25) is 0 Å². The van der Waals surface area contributed by atoms with E-state index in [1.807, 2.05) is 85.9 Å². The molecule has 13 N–H and O–H groups in total. The minimum atomic E-state index is 0.218. The summed E-state index contributed by atoms with van der Waals surface area (Å²) in [5, 5.41) is 8.86. The number of hydrogen-bond acceptors (Lipinski definition) is 25. The number of nitrogens with two attached hydrogens (primary N) is 6. The minimum absolute atomic E-state index is 0.218. The first kappa shape index (κ1) is 84.4. The van der Waals surface area contributed by atoms with Crippen molar-refractivity contribution in [1.82, 2.24) is 29.4 Å². The number of aliphatic hydroxyl groups is 1. The zero-order valence-electron chi connectivity index (χ0n) is 68.1. The second kappa shape index (κ2) is 44.8. The first-order chi connectivity index (χ1) is 54.7. The van der Waals surface area contributed by atoms with Crippen molar-refractivity contribution in [2.45, 2.75) is 90.4 Å². The van der Waals surface area contributed by atoms with Gasteiger partial charge < -0.3 is 127 Å². The Morgan fingerprint density at radius 2 is 0.527 bits per heavy atom. The van der Waals surface area contributed by atoms with E-state index in [0.29, 0.717) is 6.61 Å². The minimum Gasteiger partial charge on any atom is -0.489 e. The largest absolute Gasteiger partial charge is 0.489 e. The summed E-state index contributed by atoms with van der Waals surface area (Å²) in [5.74, 6) is 5.54. The Kier molecular flexibility index (Phi) is 33.7. The first-order valence-corrected chi connectivity index (χ1v) is 42.2. The summed E-state index contributed by atoms with van der Waals surface area (Å²) in [5.41, 5.74) is 46.4. The highest BCUT2D eigenvalue weighted by molar-refractivity contribution is 5.70. The zero-order valence-corrected chi connectivity index (χ0v) is 68.1. The second-order valence-electron chi connectivity index (χ2n) is 31.3. The summed E-state index contributed by atoms with van der Waals surface area (Å²) in [6.45, 7) is 37.9. The Balaban J connectivity index is 0.000000133. The van der Waals surface area contributed by atoms with Crippen molar-refractivity contribution in [1.29, 1.82) is 0 Å². The SMILES string of the molecule is CCN(C)CCN1CCOc2cc(N)ccc21.CN(CCO)CCCN1CCOc2cc(N)ccc21.Nc1ccc2c(c1)OCCN2CCCN1CCCC1.Nc1ccc2c(c1)OCCN2CCCN1CCCCC1.Nc1ccc2c(c1)OCCN2CCN1CCCC1.Nc1ccc2c(c1)OCCN2CCN1CCCCC1. The van der Waals surface area contributed by atoms with Gasteiger partial charge in [0.05, 0.1) is 80.0 Å². The summed E-state index contributed by atoms with van der Waals surface area (Å²) in [4.78, 5) is 29.2. The molecule has 616 valence electrons. The smallest absolute Gasteiger partial charge is 0.144 e. The molecular formula is C87H136N18O7. The molecule has 10 aliphatic rings. The first-order valence-electron chi connectivity index (χ1n) is 42.2. The highest BCUT2D eigenvalue weighted by Gasteiger charge is 2.26. The number of aliphatic hydroxyl groups excluding tert-OH is 1. The number of piperidine rings is 2. The van der Waals surface area contributed by atoms with Gasteiger partial charge in [0.25, 0.3) is 0 Å². The number of hydrogen-bond donors (Lipinski definition) is 7. The predicted octanol–water partition coefficient (Wildman–Crippen LogP) is 10.0. The van der Waals surface area contributed by atoms with Crippen LogP contribution >= 0.6 is 0 Å². The summed E-state index contributed by atoms with van der Waals surface area (Å²) < 4.78 is 34.0. The van der Waals surface area contributed by atoms with E-state index in [1.165, 1.54) is 165 Å². The zero-order chi connectivity index (χ0) is 78.2. The summed E-state index contributed by atoms with van der Waals surface area (Å²) in [6, 6.07) is 35.6. The van der Waals surface area contributed by atoms with Crippen molar-refractivity contribution in [2.24, 2.45) is 0 Å². The predicted molar refractivity (Wildman–Crippen MR) is 465 cm³/mol. The summed E-state index contributed by atoms with van der Waals surface area (Å²) >= 11 is 0. The lowest BCUT2D eigenvalue weighted by Gasteiger charge is -2.34. The molecular weight excluding hydrogens is 1410 g/mol. The summed E-state index contributed by atoms with van der Waals surface area (Å²) in [6.07, 6.45) is 17.3. The fraction of sp³-hybridized carbons (Fsp3) is 0.586. The molecule has 6 aromatic rings. The topological polar surface area (TPSA) is 271 Å². The van der Waals surface area contributed by atoms with Gasteiger partial charge in [0.1, 0.15) is 74.1 Å². The number of nitrogens with zero attached hydrogens (tertiary/aromatic N) is 12. The molecule has 0 saturated carbocycles. The monoisotopic (exact) mass is 1550 g/mol. The maximum absolute atomic E-state index is 8.86. The van der Waals surface area contributed by atoms with E-state index in [9.17, 15) is 0 Å². The molecule has 25 nitrogen and oxygen atoms in total. The van der Waals surface area contributed by atoms with E-state index >= 15 is 0 Å². The van der Waals surface area contributed by atoms with Crippen LogP contribution in [-0.4, -0.2) is 278 Å². The normalized spacial score (nSPS) is 17.9. The number of fused-ring (bicyclic) bond motifs is 6. The fourth-order valence-electron chi connectivity index (χ4n) is 16.3. The van der Waals surface area contributed by atoms with Crippen LogP contribution in [0.5, 0.6) is 34.5 Å². The third-order valence-corrected chi connectivity index (χ3v) is 22.9. The molecule has 10 heterocycles. The van der Waals surface area contributed by atoms with Crippen molar-refractivity contribution in [3.05, 3.63) is 109 Å². The number of likely N-dealkylation sites (N-methyl/N-ethyl adjacent to an activating group) is 2. The van der Waals surface area contributed by atoms with Gasteiger partial charge in [0.2, 0.25) is 0 Å². The van der Waals surface area contributed by atoms with Crippen LogP contribution in [0.4, 0.5) is 68.2 Å². The van der Waals surface area contributed by atoms with E-state index < -0.39 is 0 Å². The van der Waals surface area contributed by atoms with Crippen molar-refractivity contribution in [3.63, 3.8) is 0 Å². The van der Waals surface area contributed by atoms with E-state index in [4.69, 9.17) is 67.9 Å². The number of anilines is 12.